The summed E-state index contributed by atoms with van der Waals surface area (Å²) in [6, 6.07) is 11.5. The van der Waals surface area contributed by atoms with Gasteiger partial charge in [-0.2, -0.15) is 0 Å². The number of fused-ring (bicyclic) bond motifs is 1. The molecule has 3 fully saturated rings. The van der Waals surface area contributed by atoms with Crippen molar-refractivity contribution in [3.05, 3.63) is 77.6 Å². The van der Waals surface area contributed by atoms with Crippen LogP contribution in [-0.4, -0.2) is 122 Å². The third kappa shape index (κ3) is 8.11. The molecule has 5 heterocycles. The summed E-state index contributed by atoms with van der Waals surface area (Å²) in [7, 11) is 0. The Labute approximate surface area is 307 Å². The van der Waals surface area contributed by atoms with E-state index in [-0.39, 0.29) is 31.6 Å². The first kappa shape index (κ1) is 37.0. The number of pyridine rings is 1. The number of ketones is 1. The molecule has 0 amide bonds. The van der Waals surface area contributed by atoms with Crippen molar-refractivity contribution in [2.45, 2.75) is 31.9 Å². The number of carboxylic acid groups (broad SMARTS) is 1. The van der Waals surface area contributed by atoms with E-state index in [1.54, 1.807) is 12.3 Å². The van der Waals surface area contributed by atoms with E-state index < -0.39 is 52.1 Å². The number of H-pyrrole nitrogens is 1. The Morgan fingerprint density at radius 2 is 1.70 bits per heavy atom. The first-order valence-corrected chi connectivity index (χ1v) is 18.9. The number of hydrogen-bond donors (Lipinski definition) is 2. The van der Waals surface area contributed by atoms with E-state index in [0.29, 0.717) is 26.9 Å². The number of alkyl halides is 1. The fourth-order valence-electron chi connectivity index (χ4n) is 7.73. The Hall–Kier alpha value is -4.35. The molecule has 2 N–H and O–H groups in total. The highest BCUT2D eigenvalue weighted by atomic mass is 32.2. The summed E-state index contributed by atoms with van der Waals surface area (Å²) >= 11 is -3.06. The molecule has 1 unspecified atom stereocenters. The van der Waals surface area contributed by atoms with Crippen LogP contribution in [0.5, 0.6) is 0 Å². The molecule has 0 saturated carbocycles. The van der Waals surface area contributed by atoms with Crippen molar-refractivity contribution in [3.63, 3.8) is 0 Å². The van der Waals surface area contributed by atoms with Crippen LogP contribution in [-0.2, 0) is 16.1 Å². The van der Waals surface area contributed by atoms with E-state index in [4.69, 9.17) is 5.11 Å². The molecule has 0 aliphatic carbocycles. The predicted molar refractivity (Wildman–Crippen MR) is 194 cm³/mol. The largest absolute Gasteiger partial charge is 0.754 e. The number of aliphatic carboxylic acids is 1. The summed E-state index contributed by atoms with van der Waals surface area (Å²) in [5, 5.41) is 10.6. The van der Waals surface area contributed by atoms with E-state index in [0.717, 1.165) is 93.5 Å². The van der Waals surface area contributed by atoms with Crippen molar-refractivity contribution in [2.24, 2.45) is 5.92 Å². The normalized spacial score (nSPS) is 20.2. The van der Waals surface area contributed by atoms with Gasteiger partial charge in [0.2, 0.25) is 5.78 Å². The van der Waals surface area contributed by atoms with Crippen molar-refractivity contribution in [2.75, 3.05) is 74.8 Å². The molecule has 0 bridgehead atoms. The number of nitrogens with zero attached hydrogens (tertiary/aromatic N) is 6. The summed E-state index contributed by atoms with van der Waals surface area (Å²) < 4.78 is 69.7. The average Bonchev–Trinajstić information content (AvgIpc) is 3.70. The molecule has 12 nitrogen and oxygen atoms in total. The van der Waals surface area contributed by atoms with Gasteiger partial charge in [-0.1, -0.05) is 12.1 Å². The maximum atomic E-state index is 15.9. The molecule has 53 heavy (non-hydrogen) atoms. The molecule has 3 saturated heterocycles. The van der Waals surface area contributed by atoms with E-state index >= 15 is 8.78 Å². The lowest BCUT2D eigenvalue weighted by molar-refractivity contribution is -0.138. The van der Waals surface area contributed by atoms with Crippen LogP contribution in [0.3, 0.4) is 0 Å². The number of halogens is 3. The molecule has 2 aromatic carbocycles. The second-order valence-corrected chi connectivity index (χ2v) is 14.8. The van der Waals surface area contributed by atoms with Crippen LogP contribution in [0.2, 0.25) is 0 Å². The van der Waals surface area contributed by atoms with Crippen LogP contribution in [0, 0.1) is 17.6 Å². The number of aromatic nitrogens is 2. The van der Waals surface area contributed by atoms with Crippen molar-refractivity contribution in [1.82, 2.24) is 24.8 Å². The molecular weight excluding hydrogens is 712 g/mol. The van der Waals surface area contributed by atoms with Gasteiger partial charge in [-0.05, 0) is 74.0 Å². The zero-order valence-corrected chi connectivity index (χ0v) is 29.9. The van der Waals surface area contributed by atoms with Gasteiger partial charge in [0.15, 0.2) is 5.82 Å². The molecule has 0 radical (unpaired) electrons. The lowest BCUT2D eigenvalue weighted by atomic mass is 9.95. The lowest BCUT2D eigenvalue weighted by Crippen LogP contribution is -2.43. The quantitative estimate of drug-likeness (QED) is 0.165. The minimum Gasteiger partial charge on any atom is -0.754 e. The summed E-state index contributed by atoms with van der Waals surface area (Å²) in [5.74, 6) is -3.73. The second-order valence-electron chi connectivity index (χ2n) is 14.0. The fraction of sp³-hybridized carbons (Fsp3) is 0.432. The van der Waals surface area contributed by atoms with Crippen molar-refractivity contribution < 1.29 is 36.6 Å². The number of hydrazine groups is 1. The van der Waals surface area contributed by atoms with Gasteiger partial charge in [-0.15, -0.1) is 0 Å². The highest BCUT2D eigenvalue weighted by Crippen LogP contribution is 2.33. The molecule has 4 aromatic rings. The van der Waals surface area contributed by atoms with Crippen molar-refractivity contribution in [3.8, 4) is 11.1 Å². The number of hydrogen-bond acceptors (Lipinski definition) is 9. The minimum atomic E-state index is -3.06. The van der Waals surface area contributed by atoms with E-state index in [1.807, 2.05) is 29.2 Å². The maximum Gasteiger partial charge on any atom is 0.317 e. The number of aromatic amines is 1. The van der Waals surface area contributed by atoms with Crippen LogP contribution in [0.15, 0.2) is 54.9 Å². The molecule has 282 valence electrons. The number of carbonyl (C=O) groups is 2. The number of rotatable bonds is 11. The predicted octanol–water partition coefficient (Wildman–Crippen LogP) is 4.61. The van der Waals surface area contributed by atoms with E-state index in [1.165, 1.54) is 6.20 Å². The standard InChI is InChI=1S/C37H42F3N7O5S/c38-27-10-15-46(22-27)47(53(51)52)32-7-6-31(39)34(35(32)40)36(50)30-20-42-37-29(30)18-26(19-41-37)25-2-4-28(5-3-25)45-13-8-24(9-14-45)21-43-11-1-12-44(17-16-43)23-33(48)49/h2-7,18-20,24,27H,1,8-17,21-23H2,(H,41,42)(H,48,49)(H,51,52)/p-1/t27-/m1/s1. The van der Waals surface area contributed by atoms with E-state index in [9.17, 15) is 22.7 Å². The van der Waals surface area contributed by atoms with Gasteiger partial charge in [-0.25, -0.2) is 27.6 Å². The summed E-state index contributed by atoms with van der Waals surface area (Å²) in [6.07, 6.45) is 4.81. The van der Waals surface area contributed by atoms with Crippen LogP contribution in [0.4, 0.5) is 24.5 Å². The first-order valence-electron chi connectivity index (χ1n) is 17.9. The molecule has 16 heteroatoms. The monoisotopic (exact) mass is 752 g/mol. The summed E-state index contributed by atoms with van der Waals surface area (Å²) in [5.41, 5.74) is 1.40. The Kier molecular flexibility index (Phi) is 11.1. The number of carboxylic acids is 1. The third-order valence-corrected chi connectivity index (χ3v) is 11.2. The molecule has 0 spiro atoms. The number of nitrogens with one attached hydrogen (secondary N) is 1. The fourth-order valence-corrected chi connectivity index (χ4v) is 8.37. The molecule has 3 aliphatic heterocycles. The smallest absolute Gasteiger partial charge is 0.317 e. The molecule has 2 atom stereocenters. The molecule has 2 aromatic heterocycles. The number of benzene rings is 2. The van der Waals surface area contributed by atoms with Gasteiger partial charge < -0.3 is 24.4 Å². The Balaban J connectivity index is 1.03. The van der Waals surface area contributed by atoms with Gasteiger partial charge >= 0.3 is 5.97 Å². The number of piperidine rings is 1. The Morgan fingerprint density at radius 1 is 0.962 bits per heavy atom. The second kappa shape index (κ2) is 15.9. The number of anilines is 2. The Morgan fingerprint density at radius 3 is 2.40 bits per heavy atom. The molecular formula is C37H41F3N7O5S-. The average molecular weight is 753 g/mol. The van der Waals surface area contributed by atoms with Crippen LogP contribution in [0.1, 0.15) is 41.6 Å². The molecule has 7 rings (SSSR count). The van der Waals surface area contributed by atoms with Gasteiger partial charge in [0.1, 0.15) is 23.3 Å². The van der Waals surface area contributed by atoms with E-state index in [2.05, 4.69) is 19.8 Å². The van der Waals surface area contributed by atoms with Crippen LogP contribution >= 0.6 is 0 Å². The zero-order chi connectivity index (χ0) is 37.2. The maximum absolute atomic E-state index is 15.9. The highest BCUT2D eigenvalue weighted by Gasteiger charge is 2.33. The first-order chi connectivity index (χ1) is 25.5. The number of carbonyl (C=O) groups excluding carboxylic acids is 1. The summed E-state index contributed by atoms with van der Waals surface area (Å²) in [6.45, 7) is 6.17. The third-order valence-electron chi connectivity index (χ3n) is 10.5. The van der Waals surface area contributed by atoms with Gasteiger partial charge in [0, 0.05) is 80.4 Å². The van der Waals surface area contributed by atoms with Crippen molar-refractivity contribution in [1.29, 1.82) is 0 Å². The van der Waals surface area contributed by atoms with Gasteiger partial charge in [0.25, 0.3) is 0 Å². The molecule has 3 aliphatic rings. The van der Waals surface area contributed by atoms with Crippen molar-refractivity contribution >= 4 is 45.4 Å². The Bertz CT molecular complexity index is 1990. The van der Waals surface area contributed by atoms with Gasteiger partial charge in [0.05, 0.1) is 29.9 Å². The minimum absolute atomic E-state index is 0.00349. The zero-order valence-electron chi connectivity index (χ0n) is 29.1. The van der Waals surface area contributed by atoms with Crippen LogP contribution < -0.4 is 9.31 Å². The lowest BCUT2D eigenvalue weighted by Gasteiger charge is -2.36. The summed E-state index contributed by atoms with van der Waals surface area (Å²) in [4.78, 5) is 39.0. The highest BCUT2D eigenvalue weighted by molar-refractivity contribution is 7.80. The SMILES string of the molecule is O=C(O)CN1CCCN(CC2CCN(c3ccc(-c4cnc5[nH]cc(C(=O)c6c(F)ccc(N(N7CC[C@@H](F)C7)S(=O)[O-])c6F)c5c4)cc3)CC2)CC1. The van der Waals surface area contributed by atoms with Crippen LogP contribution in [0.25, 0.3) is 22.2 Å². The topological polar surface area (TPSA) is 139 Å². The van der Waals surface area contributed by atoms with Gasteiger partial charge in [-0.3, -0.25) is 18.7 Å².